The quantitative estimate of drug-likeness (QED) is 0.171. The van der Waals surface area contributed by atoms with Crippen molar-refractivity contribution in [2.75, 3.05) is 46.5 Å². The van der Waals surface area contributed by atoms with Crippen molar-refractivity contribution in [3.63, 3.8) is 0 Å². The fourth-order valence-corrected chi connectivity index (χ4v) is 11.9. The summed E-state index contributed by atoms with van der Waals surface area (Å²) in [6.45, 7) is 6.50. The Morgan fingerprint density at radius 1 is 1.06 bits per heavy atom. The van der Waals surface area contributed by atoms with E-state index in [1.165, 1.54) is 6.92 Å². The van der Waals surface area contributed by atoms with Crippen molar-refractivity contribution in [1.29, 1.82) is 0 Å². The van der Waals surface area contributed by atoms with Gasteiger partial charge in [-0.15, -0.1) is 11.8 Å². The van der Waals surface area contributed by atoms with Crippen LogP contribution in [0.4, 0.5) is 0 Å². The van der Waals surface area contributed by atoms with Crippen LogP contribution in [-0.2, 0) is 32.7 Å². The van der Waals surface area contributed by atoms with Crippen molar-refractivity contribution < 1.29 is 43.1 Å². The Morgan fingerprint density at radius 3 is 2.69 bits per heavy atom. The third kappa shape index (κ3) is 4.63. The first-order valence-electron chi connectivity index (χ1n) is 18.4. The van der Waals surface area contributed by atoms with Crippen LogP contribution >= 0.6 is 11.8 Å². The van der Waals surface area contributed by atoms with Gasteiger partial charge in [0.2, 0.25) is 6.79 Å². The van der Waals surface area contributed by atoms with Crippen LogP contribution in [0.15, 0.2) is 24.3 Å². The van der Waals surface area contributed by atoms with E-state index in [0.717, 1.165) is 62.1 Å². The smallest absolute Gasteiger partial charge is 0.333 e. The molecule has 0 unspecified atom stereocenters. The monoisotopic (exact) mass is 754 g/mol. The molecule has 3 aromatic carbocycles. The van der Waals surface area contributed by atoms with Crippen LogP contribution < -0.4 is 34.3 Å². The van der Waals surface area contributed by atoms with E-state index in [1.807, 2.05) is 32.0 Å². The van der Waals surface area contributed by atoms with Crippen molar-refractivity contribution in [3.8, 4) is 34.5 Å². The number of methoxy groups -OCH3 is 2. The summed E-state index contributed by atoms with van der Waals surface area (Å²) >= 11 is 1.62. The summed E-state index contributed by atoms with van der Waals surface area (Å²) in [5.74, 6) is 2.35. The highest BCUT2D eigenvalue weighted by atomic mass is 32.2. The van der Waals surface area contributed by atoms with Crippen molar-refractivity contribution in [2.45, 2.75) is 68.6 Å². The number of fused-ring (bicyclic) bond motifs is 11. The highest BCUT2D eigenvalue weighted by molar-refractivity contribution is 7.99. The number of piperazine rings is 1. The molecule has 7 aliphatic rings. The maximum absolute atomic E-state index is 14.8. The first-order chi connectivity index (χ1) is 26.1. The van der Waals surface area contributed by atoms with Crippen LogP contribution in [0, 0.1) is 13.8 Å². The van der Waals surface area contributed by atoms with Gasteiger partial charge in [-0.1, -0.05) is 6.07 Å². The number of aromatic hydroxyl groups is 1. The predicted molar refractivity (Wildman–Crippen MR) is 199 cm³/mol. The Bertz CT molecular complexity index is 2290. The van der Waals surface area contributed by atoms with Crippen molar-refractivity contribution in [1.82, 2.24) is 20.5 Å². The molecule has 282 valence electrons. The molecule has 4 aromatic rings. The third-order valence-electron chi connectivity index (χ3n) is 12.3. The maximum Gasteiger partial charge on any atom is 0.333 e. The molecule has 2 saturated heterocycles. The van der Waals surface area contributed by atoms with E-state index in [0.29, 0.717) is 53.8 Å². The summed E-state index contributed by atoms with van der Waals surface area (Å²) < 4.78 is 36.3. The minimum atomic E-state index is -1.21. The lowest BCUT2D eigenvalue weighted by molar-refractivity contribution is -0.155. The zero-order chi connectivity index (χ0) is 37.2. The van der Waals surface area contributed by atoms with E-state index in [-0.39, 0.29) is 48.5 Å². The van der Waals surface area contributed by atoms with Gasteiger partial charge in [-0.3, -0.25) is 15.0 Å². The van der Waals surface area contributed by atoms with Gasteiger partial charge in [0.1, 0.15) is 18.1 Å². The molecule has 1 spiro atoms. The highest BCUT2D eigenvalue weighted by Crippen LogP contribution is 2.62. The van der Waals surface area contributed by atoms with E-state index in [2.05, 4.69) is 26.6 Å². The van der Waals surface area contributed by atoms with Crippen LogP contribution in [0.5, 0.6) is 34.5 Å². The van der Waals surface area contributed by atoms with Gasteiger partial charge in [-0.05, 0) is 61.6 Å². The van der Waals surface area contributed by atoms with Crippen molar-refractivity contribution in [3.05, 3.63) is 68.9 Å². The second-order valence-corrected chi connectivity index (χ2v) is 16.3. The van der Waals surface area contributed by atoms with E-state index in [4.69, 9.17) is 28.4 Å². The van der Waals surface area contributed by atoms with Gasteiger partial charge in [-0.25, -0.2) is 4.79 Å². The molecule has 11 rings (SSSR count). The molecule has 0 aliphatic carbocycles. The van der Waals surface area contributed by atoms with Gasteiger partial charge < -0.3 is 43.8 Å². The number of aromatic amines is 1. The number of carbonyl (C=O) groups is 2. The number of aromatic nitrogens is 1. The molecular formula is C40H42N4O9S. The Balaban J connectivity index is 1.20. The van der Waals surface area contributed by atoms with Crippen molar-refractivity contribution in [2.24, 2.45) is 0 Å². The van der Waals surface area contributed by atoms with Gasteiger partial charge >= 0.3 is 11.9 Å². The Kier molecular flexibility index (Phi) is 7.65. The van der Waals surface area contributed by atoms with E-state index >= 15 is 0 Å². The average Bonchev–Trinajstić information content (AvgIpc) is 3.80. The zero-order valence-corrected chi connectivity index (χ0v) is 31.5. The molecule has 2 fully saturated rings. The fourth-order valence-electron chi connectivity index (χ4n) is 10.1. The van der Waals surface area contributed by atoms with E-state index < -0.39 is 17.6 Å². The maximum atomic E-state index is 14.8. The van der Waals surface area contributed by atoms with Gasteiger partial charge in [0.25, 0.3) is 0 Å². The van der Waals surface area contributed by atoms with Gasteiger partial charge in [0.15, 0.2) is 28.5 Å². The summed E-state index contributed by atoms with van der Waals surface area (Å²) in [5.41, 5.74) is 6.60. The molecule has 4 bridgehead atoms. The van der Waals surface area contributed by atoms with Crippen molar-refractivity contribution >= 4 is 34.6 Å². The number of benzene rings is 3. The number of hydrogen-bond acceptors (Lipinski definition) is 13. The molecule has 0 amide bonds. The Labute approximate surface area is 315 Å². The number of aryl methyl sites for hydroxylation is 1. The largest absolute Gasteiger partial charge is 0.504 e. The number of hydrogen-bond donors (Lipinski definition) is 4. The normalized spacial score (nSPS) is 27.8. The molecule has 1 aromatic heterocycles. The van der Waals surface area contributed by atoms with Crippen LogP contribution in [-0.4, -0.2) is 85.5 Å². The first-order valence-corrected chi connectivity index (χ1v) is 19.5. The van der Waals surface area contributed by atoms with Crippen LogP contribution in [0.25, 0.3) is 10.9 Å². The first kappa shape index (κ1) is 33.9. The molecule has 0 radical (unpaired) electrons. The minimum Gasteiger partial charge on any atom is -0.504 e. The number of thioether (sulfide) groups is 1. The summed E-state index contributed by atoms with van der Waals surface area (Å²) in [6, 6.07) is 7.00. The topological polar surface area (TPSA) is 153 Å². The standard InChI is InChI=1S/C40H42N4O9S/c1-17-10-20-11-21-13-44-26-14-50-39(47)40(38-23(8-9-41-40)24-12-22(48-4)6-7-25(24)43-38)15-54-37(31(44)30(42-21)27(20)32(46)33(17)49-5)29-28(26)36-35(51-16-52-36)18(2)34(29)53-19(3)45/h6-7,10,12,21,26,30-31,37,41-43,46H,8-9,11,13-16H2,1-5H3/t21-,26-,30+,31+,37+,40+/m0/s1. The number of ether oxygens (including phenoxy) is 6. The number of esters is 2. The number of H-pyrrole nitrogens is 1. The van der Waals surface area contributed by atoms with E-state index in [1.54, 1.807) is 26.0 Å². The van der Waals surface area contributed by atoms with Crippen LogP contribution in [0.3, 0.4) is 0 Å². The lowest BCUT2D eigenvalue weighted by Gasteiger charge is -2.57. The van der Waals surface area contributed by atoms with Gasteiger partial charge in [0, 0.05) is 71.0 Å². The molecule has 6 atom stereocenters. The fraction of sp³-hybridized carbons (Fsp3) is 0.450. The molecule has 4 N–H and O–H groups in total. The number of nitrogens with zero attached hydrogens (tertiary/aromatic N) is 1. The average molecular weight is 755 g/mol. The van der Waals surface area contributed by atoms with E-state index in [9.17, 15) is 14.7 Å². The lowest BCUT2D eigenvalue weighted by Crippen LogP contribution is -2.65. The SMILES string of the molecule is COc1ccc2[nH]c3c(c2c1)CCN[C@]31CS[C@@H]2c3c(OC(C)=O)c(C)c4c(c3[C@H](COC1=O)N1C[C@@H]3Cc5cc(C)c(OC)c(O)c5[C@@H](N3)[C@H]21)OCO4. The minimum absolute atomic E-state index is 0.0143. The van der Waals surface area contributed by atoms with Crippen LogP contribution in [0.1, 0.15) is 68.9 Å². The third-order valence-corrected chi connectivity index (χ3v) is 13.8. The molecular weight excluding hydrogens is 713 g/mol. The summed E-state index contributed by atoms with van der Waals surface area (Å²) in [4.78, 5) is 33.7. The number of phenolic OH excluding ortho intramolecular Hbond substituents is 1. The Morgan fingerprint density at radius 2 is 1.89 bits per heavy atom. The number of rotatable bonds is 3. The number of phenols is 1. The second kappa shape index (κ2) is 12.2. The summed E-state index contributed by atoms with van der Waals surface area (Å²) in [5, 5.41) is 20.1. The molecule has 0 saturated carbocycles. The Hall–Kier alpha value is -4.63. The highest BCUT2D eigenvalue weighted by Gasteiger charge is 2.58. The summed E-state index contributed by atoms with van der Waals surface area (Å²) in [6.07, 6.45) is 1.42. The molecule has 54 heavy (non-hydrogen) atoms. The number of carbonyl (C=O) groups excluding carboxylic acids is 2. The van der Waals surface area contributed by atoms with Gasteiger partial charge in [-0.2, -0.15) is 0 Å². The zero-order valence-electron chi connectivity index (χ0n) is 30.7. The predicted octanol–water partition coefficient (Wildman–Crippen LogP) is 4.53. The number of nitrogens with one attached hydrogen (secondary N) is 3. The molecule has 13 nitrogen and oxygen atoms in total. The molecule has 8 heterocycles. The second-order valence-electron chi connectivity index (χ2n) is 15.1. The molecule has 7 aliphatic heterocycles. The summed E-state index contributed by atoms with van der Waals surface area (Å²) in [7, 11) is 3.23. The van der Waals surface area contributed by atoms with Crippen LogP contribution in [0.2, 0.25) is 0 Å². The lowest BCUT2D eigenvalue weighted by atomic mass is 9.74. The molecule has 14 heteroatoms. The van der Waals surface area contributed by atoms with Gasteiger partial charge in [0.05, 0.1) is 37.2 Å².